The second-order valence-corrected chi connectivity index (χ2v) is 18.1. The fourth-order valence-corrected chi connectivity index (χ4v) is 10.3. The minimum Gasteiger partial charge on any atom is -0.490 e. The molecule has 2 amide bonds. The molecular weight excluding hydrogens is 702 g/mol. The van der Waals surface area contributed by atoms with Crippen molar-refractivity contribution in [2.75, 3.05) is 52.5 Å². The van der Waals surface area contributed by atoms with Crippen molar-refractivity contribution in [1.29, 1.82) is 0 Å². The van der Waals surface area contributed by atoms with E-state index in [-0.39, 0.29) is 47.1 Å². The third kappa shape index (κ3) is 7.48. The first-order valence-electron chi connectivity index (χ1n) is 18.6. The number of benzene rings is 2. The van der Waals surface area contributed by atoms with Crippen LogP contribution in [0.15, 0.2) is 48.6 Å². The van der Waals surface area contributed by atoms with E-state index in [1.807, 2.05) is 32.1 Å². The van der Waals surface area contributed by atoms with E-state index in [1.54, 1.807) is 51.3 Å². The molecule has 2 aromatic carbocycles. The van der Waals surface area contributed by atoms with Gasteiger partial charge in [-0.3, -0.25) is 9.59 Å². The summed E-state index contributed by atoms with van der Waals surface area (Å²) in [5.41, 5.74) is 2.23. The van der Waals surface area contributed by atoms with Gasteiger partial charge in [0.15, 0.2) is 0 Å². The zero-order valence-electron chi connectivity index (χ0n) is 31.3. The first kappa shape index (κ1) is 38.6. The van der Waals surface area contributed by atoms with Crippen LogP contribution in [0.25, 0.3) is 0 Å². The second kappa shape index (κ2) is 15.3. The number of anilines is 1. The van der Waals surface area contributed by atoms with E-state index < -0.39 is 26.8 Å². The zero-order chi connectivity index (χ0) is 37.4. The molecular formula is C40H54ClN3O7S. The largest absolute Gasteiger partial charge is 0.490 e. The number of hydrogen-bond donors (Lipinski definition) is 1. The number of nitrogens with one attached hydrogen (secondary N) is 1. The van der Waals surface area contributed by atoms with E-state index >= 15 is 0 Å². The monoisotopic (exact) mass is 755 g/mol. The van der Waals surface area contributed by atoms with Gasteiger partial charge in [-0.05, 0) is 112 Å². The standard InChI is InChI=1S/C40H54ClN3O7S/c1-26-9-7-18-40(50-6,21-37(45)43(4)27(2)23-49-5)34-14-11-31(34)22-44-24-39(17-8-10-29-19-32(41)13-15-33(29)39)25-51-36-16-12-30(20-35(36)44)38(46)42-52(47,48)28(26)3/h7,12-13,15-16,18-20,26-28,31,34H,8-11,14,17,21-25H2,1-6H3,(H,42,46)/b18-7+/t26-,27+,28+,31-,34+,39-,40+/m0/s1. The number of carbonyl (C=O) groups is 2. The first-order valence-corrected chi connectivity index (χ1v) is 20.5. The van der Waals surface area contributed by atoms with Gasteiger partial charge in [0.1, 0.15) is 5.75 Å². The van der Waals surface area contributed by atoms with E-state index in [1.165, 1.54) is 11.1 Å². The molecule has 12 heteroatoms. The minimum atomic E-state index is -4.02. The average Bonchev–Trinajstić information content (AvgIpc) is 3.25. The Morgan fingerprint density at radius 1 is 1.17 bits per heavy atom. The number of rotatable bonds is 6. The van der Waals surface area contributed by atoms with E-state index in [9.17, 15) is 18.0 Å². The molecule has 7 atom stereocenters. The van der Waals surface area contributed by atoms with Crippen molar-refractivity contribution in [3.05, 3.63) is 70.3 Å². The van der Waals surface area contributed by atoms with Gasteiger partial charge in [0, 0.05) is 50.4 Å². The lowest BCUT2D eigenvalue weighted by Gasteiger charge is -2.50. The number of aryl methyl sites for hydroxylation is 1. The average molecular weight is 756 g/mol. The Bertz CT molecular complexity index is 1800. The normalized spacial score (nSPS) is 31.1. The molecule has 1 saturated carbocycles. The Morgan fingerprint density at radius 3 is 2.67 bits per heavy atom. The summed E-state index contributed by atoms with van der Waals surface area (Å²) >= 11 is 6.47. The number of nitrogens with zero attached hydrogens (tertiary/aromatic N) is 2. The van der Waals surface area contributed by atoms with E-state index in [4.69, 9.17) is 25.8 Å². The molecule has 0 unspecified atom stereocenters. The summed E-state index contributed by atoms with van der Waals surface area (Å²) in [7, 11) is 1.09. The van der Waals surface area contributed by atoms with Crippen LogP contribution in [-0.2, 0) is 36.1 Å². The Kier molecular flexibility index (Phi) is 11.4. The lowest BCUT2D eigenvalue weighted by molar-refractivity contribution is -0.144. The fraction of sp³-hybridized carbons (Fsp3) is 0.600. The highest BCUT2D eigenvalue weighted by Crippen LogP contribution is 2.50. The van der Waals surface area contributed by atoms with Crippen molar-refractivity contribution in [3.8, 4) is 5.75 Å². The maximum absolute atomic E-state index is 13.9. The molecule has 52 heavy (non-hydrogen) atoms. The predicted octanol–water partition coefficient (Wildman–Crippen LogP) is 6.15. The molecule has 1 N–H and O–H groups in total. The lowest BCUT2D eigenvalue weighted by atomic mass is 9.62. The Balaban J connectivity index is 1.44. The van der Waals surface area contributed by atoms with Gasteiger partial charge in [-0.1, -0.05) is 36.7 Å². The minimum absolute atomic E-state index is 0.0145. The zero-order valence-corrected chi connectivity index (χ0v) is 32.9. The maximum atomic E-state index is 13.9. The van der Waals surface area contributed by atoms with Crippen LogP contribution in [0, 0.1) is 17.8 Å². The van der Waals surface area contributed by atoms with Gasteiger partial charge >= 0.3 is 0 Å². The Morgan fingerprint density at radius 2 is 1.96 bits per heavy atom. The lowest BCUT2D eigenvalue weighted by Crippen LogP contribution is -2.54. The molecule has 0 radical (unpaired) electrons. The summed E-state index contributed by atoms with van der Waals surface area (Å²) in [6, 6.07) is 11.2. The number of fused-ring (bicyclic) bond motifs is 4. The molecule has 0 saturated heterocycles. The van der Waals surface area contributed by atoms with Crippen LogP contribution in [-0.4, -0.2) is 89.6 Å². The van der Waals surface area contributed by atoms with Gasteiger partial charge in [-0.15, -0.1) is 0 Å². The molecule has 2 heterocycles. The van der Waals surface area contributed by atoms with Crippen molar-refractivity contribution in [2.45, 2.75) is 88.0 Å². The van der Waals surface area contributed by atoms with Gasteiger partial charge in [-0.25, -0.2) is 13.1 Å². The predicted molar refractivity (Wildman–Crippen MR) is 204 cm³/mol. The first-order chi connectivity index (χ1) is 24.7. The molecule has 2 bridgehead atoms. The van der Waals surface area contributed by atoms with Crippen LogP contribution in [0.4, 0.5) is 5.69 Å². The van der Waals surface area contributed by atoms with Crippen LogP contribution in [0.1, 0.15) is 80.8 Å². The molecule has 284 valence electrons. The second-order valence-electron chi connectivity index (χ2n) is 15.7. The number of allylic oxidation sites excluding steroid dienone is 1. The molecule has 10 nitrogen and oxygen atoms in total. The topological polar surface area (TPSA) is 114 Å². The highest BCUT2D eigenvalue weighted by atomic mass is 35.5. The summed E-state index contributed by atoms with van der Waals surface area (Å²) in [5, 5.41) is -0.142. The van der Waals surface area contributed by atoms with E-state index in [2.05, 4.69) is 21.8 Å². The van der Waals surface area contributed by atoms with Gasteiger partial charge in [-0.2, -0.15) is 0 Å². The van der Waals surface area contributed by atoms with E-state index in [0.29, 0.717) is 43.5 Å². The van der Waals surface area contributed by atoms with Gasteiger partial charge in [0.2, 0.25) is 15.9 Å². The number of sulfonamides is 1. The number of hydrogen-bond acceptors (Lipinski definition) is 8. The summed E-state index contributed by atoms with van der Waals surface area (Å²) in [6.07, 6.45) is 9.23. The summed E-state index contributed by atoms with van der Waals surface area (Å²) < 4.78 is 47.9. The smallest absolute Gasteiger partial charge is 0.264 e. The van der Waals surface area contributed by atoms with Crippen LogP contribution < -0.4 is 14.4 Å². The molecule has 1 fully saturated rings. The molecule has 0 aromatic heterocycles. The van der Waals surface area contributed by atoms with Crippen molar-refractivity contribution < 1.29 is 32.2 Å². The molecule has 6 rings (SSSR count). The number of methoxy groups -OCH3 is 2. The van der Waals surface area contributed by atoms with Crippen molar-refractivity contribution >= 4 is 39.1 Å². The SMILES string of the molecule is COC[C@@H](C)N(C)C(=O)C[C@]1(OC)/C=C/C[C@H](C)[C@@H](C)S(=O)(=O)NC(=O)c2ccc3c(c2)N(C[C@@H]2CC[C@H]21)C[C@@]1(CCCc2cc(Cl)ccc21)CO3. The van der Waals surface area contributed by atoms with Gasteiger partial charge in [0.05, 0.1) is 42.2 Å². The highest BCUT2D eigenvalue weighted by Gasteiger charge is 2.50. The quantitative estimate of drug-likeness (QED) is 0.350. The van der Waals surface area contributed by atoms with Crippen LogP contribution >= 0.6 is 11.6 Å². The summed E-state index contributed by atoms with van der Waals surface area (Å²) in [4.78, 5) is 31.6. The molecule has 2 aliphatic carbocycles. The third-order valence-corrected chi connectivity index (χ3v) is 14.7. The van der Waals surface area contributed by atoms with Gasteiger partial charge in [0.25, 0.3) is 5.91 Å². The van der Waals surface area contributed by atoms with Crippen LogP contribution in [0.3, 0.4) is 0 Å². The van der Waals surface area contributed by atoms with Gasteiger partial charge < -0.3 is 24.0 Å². The number of ether oxygens (including phenoxy) is 3. The number of likely N-dealkylation sites (N-methyl/N-ethyl adjacent to an activating group) is 1. The molecule has 4 aliphatic rings. The Labute approximate surface area is 314 Å². The maximum Gasteiger partial charge on any atom is 0.264 e. The molecule has 1 spiro atoms. The summed E-state index contributed by atoms with van der Waals surface area (Å²) in [6.45, 7) is 7.61. The Hall–Kier alpha value is -3.12. The number of halogens is 1. The van der Waals surface area contributed by atoms with Crippen molar-refractivity contribution in [1.82, 2.24) is 9.62 Å². The van der Waals surface area contributed by atoms with Crippen molar-refractivity contribution in [3.63, 3.8) is 0 Å². The number of carbonyl (C=O) groups excluding carboxylic acids is 2. The third-order valence-electron chi connectivity index (χ3n) is 12.5. The number of amides is 2. The van der Waals surface area contributed by atoms with Crippen molar-refractivity contribution in [2.24, 2.45) is 17.8 Å². The fourth-order valence-electron chi connectivity index (χ4n) is 8.80. The summed E-state index contributed by atoms with van der Waals surface area (Å²) in [5.74, 6) is -0.193. The molecule has 2 aromatic rings. The highest BCUT2D eigenvalue weighted by molar-refractivity contribution is 7.90. The van der Waals surface area contributed by atoms with Crippen LogP contribution in [0.5, 0.6) is 5.75 Å². The molecule has 2 aliphatic heterocycles. The van der Waals surface area contributed by atoms with Crippen LogP contribution in [0.2, 0.25) is 5.02 Å². The van der Waals surface area contributed by atoms with E-state index in [0.717, 1.165) is 37.8 Å².